The van der Waals surface area contributed by atoms with Gasteiger partial charge in [0.25, 0.3) is 0 Å². The van der Waals surface area contributed by atoms with Crippen molar-refractivity contribution >= 4 is 28.6 Å². The summed E-state index contributed by atoms with van der Waals surface area (Å²) in [6.07, 6.45) is 0. The Kier molecular flexibility index (Phi) is 3.24. The largest absolute Gasteiger partial charge is 0.375 e. The van der Waals surface area contributed by atoms with Crippen molar-refractivity contribution in [3.63, 3.8) is 0 Å². The molecule has 5 rings (SSSR count). The Morgan fingerprint density at radius 3 is 2.76 bits per heavy atom. The van der Waals surface area contributed by atoms with Crippen molar-refractivity contribution < 1.29 is 4.39 Å². The van der Waals surface area contributed by atoms with Crippen molar-refractivity contribution in [1.29, 1.82) is 0 Å². The molecule has 0 bridgehead atoms. The number of aromatic nitrogens is 3. The van der Waals surface area contributed by atoms with Crippen LogP contribution in [0.25, 0.3) is 28.2 Å². The number of nitrogens with zero attached hydrogens (tertiary/aromatic N) is 3. The maximum Gasteiger partial charge on any atom is 0.214 e. The number of anilines is 1. The number of thioether (sulfide) groups is 1. The van der Waals surface area contributed by atoms with Crippen LogP contribution in [0, 0.1) is 5.95 Å². The lowest BCUT2D eigenvalue weighted by Gasteiger charge is -2.10. The highest BCUT2D eigenvalue weighted by Gasteiger charge is 2.18. The maximum atomic E-state index is 13.8. The van der Waals surface area contributed by atoms with Crippen molar-refractivity contribution in [2.75, 3.05) is 11.2 Å². The highest BCUT2D eigenvalue weighted by atomic mass is 32.2. The summed E-state index contributed by atoms with van der Waals surface area (Å²) < 4.78 is 15.7. The molecule has 0 radical (unpaired) electrons. The monoisotopic (exact) mass is 348 g/mol. The van der Waals surface area contributed by atoms with Crippen LogP contribution in [-0.4, -0.2) is 20.4 Å². The zero-order chi connectivity index (χ0) is 16.8. The molecule has 0 amide bonds. The van der Waals surface area contributed by atoms with E-state index in [1.54, 1.807) is 17.8 Å². The van der Waals surface area contributed by atoms with Crippen LogP contribution in [-0.2, 0) is 0 Å². The van der Waals surface area contributed by atoms with E-state index in [0.717, 1.165) is 28.6 Å². The van der Waals surface area contributed by atoms with E-state index in [-0.39, 0.29) is 0 Å². The third-order valence-electron chi connectivity index (χ3n) is 4.22. The number of fused-ring (bicyclic) bond motifs is 2. The van der Waals surface area contributed by atoms with E-state index in [1.807, 2.05) is 47.0 Å². The molecule has 1 aliphatic heterocycles. The van der Waals surface area contributed by atoms with E-state index in [0.29, 0.717) is 11.2 Å². The highest BCUT2D eigenvalue weighted by molar-refractivity contribution is 7.99. The quantitative estimate of drug-likeness (QED) is 0.533. The average molecular weight is 348 g/mol. The normalized spacial score (nSPS) is 13.0. The number of halogens is 1. The van der Waals surface area contributed by atoms with Crippen LogP contribution in [0.5, 0.6) is 0 Å². The number of hydrogen-bond acceptors (Lipinski definition) is 4. The third kappa shape index (κ3) is 2.37. The Morgan fingerprint density at radius 2 is 1.88 bits per heavy atom. The number of benzene rings is 2. The van der Waals surface area contributed by atoms with Crippen LogP contribution in [0.2, 0.25) is 0 Å². The molecule has 0 saturated heterocycles. The van der Waals surface area contributed by atoms with Gasteiger partial charge < -0.3 is 5.32 Å². The lowest BCUT2D eigenvalue weighted by atomic mass is 10.2. The molecule has 3 heterocycles. The van der Waals surface area contributed by atoms with Crippen molar-refractivity contribution in [2.45, 2.75) is 4.90 Å². The second kappa shape index (κ2) is 5.60. The van der Waals surface area contributed by atoms with Gasteiger partial charge in [-0.2, -0.15) is 9.37 Å². The van der Waals surface area contributed by atoms with Gasteiger partial charge in [0.05, 0.1) is 11.6 Å². The molecule has 0 saturated carbocycles. The lowest BCUT2D eigenvalue weighted by Crippen LogP contribution is -2.00. The first-order valence-electron chi connectivity index (χ1n) is 7.91. The van der Waals surface area contributed by atoms with Crippen LogP contribution < -0.4 is 5.32 Å². The van der Waals surface area contributed by atoms with Gasteiger partial charge in [0.1, 0.15) is 11.3 Å². The summed E-state index contributed by atoms with van der Waals surface area (Å²) in [5, 5.41) is 3.33. The molecule has 0 atom stereocenters. The molecule has 0 unspecified atom stereocenters. The molecule has 1 N–H and O–H groups in total. The summed E-state index contributed by atoms with van der Waals surface area (Å²) in [6, 6.07) is 19.1. The van der Waals surface area contributed by atoms with Crippen molar-refractivity contribution in [1.82, 2.24) is 14.5 Å². The molecule has 6 heteroatoms. The number of imidazole rings is 1. The van der Waals surface area contributed by atoms with Crippen LogP contribution >= 0.6 is 11.8 Å². The number of hydrogen-bond donors (Lipinski definition) is 1. The van der Waals surface area contributed by atoms with Crippen LogP contribution in [0.4, 0.5) is 10.1 Å². The molecular weight excluding hydrogens is 335 g/mol. The smallest absolute Gasteiger partial charge is 0.214 e. The van der Waals surface area contributed by atoms with Crippen LogP contribution in [0.1, 0.15) is 0 Å². The zero-order valence-electron chi connectivity index (χ0n) is 13.1. The van der Waals surface area contributed by atoms with Crippen molar-refractivity contribution in [3.05, 3.63) is 66.6 Å². The molecule has 0 aliphatic carbocycles. The summed E-state index contributed by atoms with van der Waals surface area (Å²) in [7, 11) is 0. The average Bonchev–Trinajstić information content (AvgIpc) is 3.25. The molecule has 0 spiro atoms. The van der Waals surface area contributed by atoms with Gasteiger partial charge in [-0.1, -0.05) is 30.3 Å². The maximum absolute atomic E-state index is 13.8. The Labute approximate surface area is 147 Å². The minimum Gasteiger partial charge on any atom is -0.375 e. The standard InChI is InChI=1S/C19H13FN4S/c20-17-9-8-15-19(23-17)24(18(22-15)12-4-2-1-3-5-12)13-6-7-14-16(10-13)25-11-21-14/h1-10,21H,11H2. The molecule has 0 fully saturated rings. The molecule has 2 aromatic heterocycles. The Balaban J connectivity index is 1.82. The first-order chi connectivity index (χ1) is 12.3. The Morgan fingerprint density at radius 1 is 1.00 bits per heavy atom. The van der Waals surface area contributed by atoms with E-state index in [1.165, 1.54) is 11.0 Å². The van der Waals surface area contributed by atoms with Crippen LogP contribution in [0.15, 0.2) is 65.6 Å². The Bertz CT molecular complexity index is 1090. The summed E-state index contributed by atoms with van der Waals surface area (Å²) >= 11 is 1.75. The molecule has 4 nitrogen and oxygen atoms in total. The number of pyridine rings is 1. The van der Waals surface area contributed by atoms with Gasteiger partial charge in [0, 0.05) is 16.1 Å². The van der Waals surface area contributed by atoms with E-state index in [2.05, 4.69) is 16.4 Å². The second-order valence-corrected chi connectivity index (χ2v) is 6.78. The SMILES string of the molecule is Fc1ccc2nc(-c3ccccc3)n(-c3ccc4c(c3)SCN4)c2n1. The van der Waals surface area contributed by atoms with Gasteiger partial charge in [0.2, 0.25) is 5.95 Å². The first kappa shape index (κ1) is 14.5. The van der Waals surface area contributed by atoms with Crippen molar-refractivity contribution in [2.24, 2.45) is 0 Å². The fourth-order valence-electron chi connectivity index (χ4n) is 3.07. The van der Waals surface area contributed by atoms with Gasteiger partial charge >= 0.3 is 0 Å². The summed E-state index contributed by atoms with van der Waals surface area (Å²) in [5.41, 5.74) is 4.21. The zero-order valence-corrected chi connectivity index (χ0v) is 13.9. The van der Waals surface area contributed by atoms with Gasteiger partial charge in [-0.15, -0.1) is 11.8 Å². The Hall–Kier alpha value is -2.86. The lowest BCUT2D eigenvalue weighted by molar-refractivity contribution is 0.587. The minimum absolute atomic E-state index is 0.509. The van der Waals surface area contributed by atoms with E-state index in [9.17, 15) is 4.39 Å². The topological polar surface area (TPSA) is 42.7 Å². The number of rotatable bonds is 2. The van der Waals surface area contributed by atoms with Gasteiger partial charge in [0.15, 0.2) is 5.65 Å². The predicted octanol–water partition coefficient (Wildman–Crippen LogP) is 4.70. The molecular formula is C19H13FN4S. The van der Waals surface area contributed by atoms with E-state index < -0.39 is 5.95 Å². The molecule has 1 aliphatic rings. The molecule has 25 heavy (non-hydrogen) atoms. The fourth-order valence-corrected chi connectivity index (χ4v) is 3.95. The molecule has 4 aromatic rings. The summed E-state index contributed by atoms with van der Waals surface area (Å²) in [6.45, 7) is 0. The van der Waals surface area contributed by atoms with Gasteiger partial charge in [-0.05, 0) is 30.3 Å². The fraction of sp³-hybridized carbons (Fsp3) is 0.0526. The summed E-state index contributed by atoms with van der Waals surface area (Å²) in [5.74, 6) is 1.11. The predicted molar refractivity (Wildman–Crippen MR) is 98.6 cm³/mol. The third-order valence-corrected chi connectivity index (χ3v) is 5.15. The summed E-state index contributed by atoms with van der Waals surface area (Å²) in [4.78, 5) is 9.98. The molecule has 122 valence electrons. The number of nitrogens with one attached hydrogen (secondary N) is 1. The van der Waals surface area contributed by atoms with Crippen molar-refractivity contribution in [3.8, 4) is 17.1 Å². The minimum atomic E-state index is -0.509. The second-order valence-electron chi connectivity index (χ2n) is 5.76. The van der Waals surface area contributed by atoms with E-state index in [4.69, 9.17) is 4.98 Å². The van der Waals surface area contributed by atoms with Crippen LogP contribution in [0.3, 0.4) is 0 Å². The van der Waals surface area contributed by atoms with Gasteiger partial charge in [-0.3, -0.25) is 4.57 Å². The van der Waals surface area contributed by atoms with Gasteiger partial charge in [-0.25, -0.2) is 4.98 Å². The van der Waals surface area contributed by atoms with E-state index >= 15 is 0 Å². The first-order valence-corrected chi connectivity index (χ1v) is 8.90. The molecule has 2 aromatic carbocycles. The highest BCUT2D eigenvalue weighted by Crippen LogP contribution is 2.36.